The van der Waals surface area contributed by atoms with Gasteiger partial charge in [0.2, 0.25) is 11.8 Å². The Labute approximate surface area is 258 Å². The summed E-state index contributed by atoms with van der Waals surface area (Å²) in [5.74, 6) is -0.583. The van der Waals surface area contributed by atoms with E-state index in [1.165, 1.54) is 36.3 Å². The third-order valence-electron chi connectivity index (χ3n) is 6.89. The molecular formula is C31H36FIN2O7. The molecule has 2 amide bonds. The molecule has 0 saturated heterocycles. The van der Waals surface area contributed by atoms with Crippen LogP contribution in [-0.2, 0) is 16.1 Å². The highest BCUT2D eigenvalue weighted by atomic mass is 127. The molecule has 3 atom stereocenters. The van der Waals surface area contributed by atoms with E-state index in [-0.39, 0.29) is 55.5 Å². The summed E-state index contributed by atoms with van der Waals surface area (Å²) >= 11 is 1.99. The van der Waals surface area contributed by atoms with Crippen molar-refractivity contribution >= 4 is 40.7 Å². The second kappa shape index (κ2) is 16.4. The zero-order chi connectivity index (χ0) is 30.6. The van der Waals surface area contributed by atoms with Crippen molar-refractivity contribution in [1.29, 1.82) is 0 Å². The molecule has 3 rings (SSSR count). The number of nitrogens with one attached hydrogen (secondary N) is 1. The Kier molecular flexibility index (Phi) is 12.9. The van der Waals surface area contributed by atoms with Gasteiger partial charge in [0.25, 0.3) is 0 Å². The zero-order valence-corrected chi connectivity index (χ0v) is 25.6. The molecule has 2 aromatic rings. The number of aliphatic hydroxyl groups is 2. The van der Waals surface area contributed by atoms with E-state index in [4.69, 9.17) is 9.47 Å². The van der Waals surface area contributed by atoms with Gasteiger partial charge in [-0.25, -0.2) is 4.39 Å². The number of methoxy groups -OCH3 is 1. The Hall–Kier alpha value is -3.29. The largest absolute Gasteiger partial charge is 0.493 e. The minimum absolute atomic E-state index is 0.0231. The van der Waals surface area contributed by atoms with E-state index in [9.17, 15) is 29.0 Å². The number of unbranched alkanes of at least 4 members (excludes halogenated alkanes) is 2. The first kappa shape index (κ1) is 33.2. The first-order chi connectivity index (χ1) is 20.2. The van der Waals surface area contributed by atoms with E-state index >= 15 is 0 Å². The smallest absolute Gasteiger partial charge is 0.247 e. The van der Waals surface area contributed by atoms with Crippen LogP contribution in [0.25, 0.3) is 0 Å². The van der Waals surface area contributed by atoms with Gasteiger partial charge in [-0.15, -0.1) is 6.58 Å². The van der Waals surface area contributed by atoms with Crippen molar-refractivity contribution in [2.75, 3.05) is 20.3 Å². The van der Waals surface area contributed by atoms with Crippen LogP contribution in [0, 0.1) is 9.39 Å². The Morgan fingerprint density at radius 2 is 1.98 bits per heavy atom. The average Bonchev–Trinajstić information content (AvgIpc) is 2.99. The first-order valence-corrected chi connectivity index (χ1v) is 14.7. The number of nitrogens with zero attached hydrogens (tertiary/aromatic N) is 1. The van der Waals surface area contributed by atoms with Gasteiger partial charge in [-0.3, -0.25) is 14.4 Å². The van der Waals surface area contributed by atoms with Crippen LogP contribution in [0.3, 0.4) is 0 Å². The number of halogens is 2. The minimum atomic E-state index is -1.26. The fourth-order valence-corrected chi connectivity index (χ4v) is 5.48. The lowest BCUT2D eigenvalue weighted by Gasteiger charge is -2.41. The van der Waals surface area contributed by atoms with Crippen LogP contribution >= 0.6 is 22.6 Å². The van der Waals surface area contributed by atoms with Gasteiger partial charge >= 0.3 is 0 Å². The van der Waals surface area contributed by atoms with Crippen molar-refractivity contribution < 1.29 is 38.5 Å². The number of carbonyl (C=O) groups is 3. The Bertz CT molecular complexity index is 1280. The van der Waals surface area contributed by atoms with Crippen molar-refractivity contribution in [3.05, 3.63) is 81.2 Å². The molecule has 226 valence electrons. The topological polar surface area (TPSA) is 125 Å². The van der Waals surface area contributed by atoms with Gasteiger partial charge in [0.15, 0.2) is 11.5 Å². The molecular weight excluding hydrogens is 658 g/mol. The molecule has 1 aliphatic rings. The molecule has 0 aliphatic heterocycles. The lowest BCUT2D eigenvalue weighted by atomic mass is 9.87. The summed E-state index contributed by atoms with van der Waals surface area (Å²) in [5.41, 5.74) is 1.30. The van der Waals surface area contributed by atoms with Crippen LogP contribution in [0.15, 0.2) is 60.7 Å². The Morgan fingerprint density at radius 1 is 1.24 bits per heavy atom. The van der Waals surface area contributed by atoms with Gasteiger partial charge in [-0.2, -0.15) is 0 Å². The van der Waals surface area contributed by atoms with Crippen molar-refractivity contribution in [3.63, 3.8) is 0 Å². The summed E-state index contributed by atoms with van der Waals surface area (Å²) in [6, 6.07) is 7.98. The van der Waals surface area contributed by atoms with Crippen molar-refractivity contribution in [2.45, 2.75) is 56.9 Å². The fraction of sp³-hybridized carbons (Fsp3) is 0.387. The molecule has 0 heterocycles. The number of amides is 2. The SMILES string of the molecule is C=CCCCCC(=O)N(Cc1ccc(F)cc1)C1CC(C(=O)NCCO)=CC(Oc2c(I)cc(C=O)cc2OC)C1O. The molecule has 1 aliphatic carbocycles. The minimum Gasteiger partial charge on any atom is -0.493 e. The van der Waals surface area contributed by atoms with Crippen LogP contribution in [0.1, 0.15) is 48.0 Å². The van der Waals surface area contributed by atoms with Crippen molar-refractivity contribution in [2.24, 2.45) is 0 Å². The van der Waals surface area contributed by atoms with E-state index in [0.717, 1.165) is 12.8 Å². The maximum atomic E-state index is 13.6. The van der Waals surface area contributed by atoms with E-state index in [2.05, 4.69) is 11.9 Å². The maximum absolute atomic E-state index is 13.6. The highest BCUT2D eigenvalue weighted by molar-refractivity contribution is 14.1. The lowest BCUT2D eigenvalue weighted by Crippen LogP contribution is -2.54. The highest BCUT2D eigenvalue weighted by Crippen LogP contribution is 2.37. The Morgan fingerprint density at radius 3 is 2.62 bits per heavy atom. The van der Waals surface area contributed by atoms with Crippen LogP contribution < -0.4 is 14.8 Å². The molecule has 11 heteroatoms. The molecule has 9 nitrogen and oxygen atoms in total. The summed E-state index contributed by atoms with van der Waals surface area (Å²) < 4.78 is 25.9. The molecule has 0 radical (unpaired) electrons. The van der Waals surface area contributed by atoms with Crippen molar-refractivity contribution in [3.8, 4) is 11.5 Å². The third kappa shape index (κ3) is 8.85. The molecule has 0 saturated carbocycles. The summed E-state index contributed by atoms with van der Waals surface area (Å²) in [6.07, 6.45) is 3.99. The second-order valence-electron chi connectivity index (χ2n) is 9.85. The molecule has 3 unspecified atom stereocenters. The normalized spacial score (nSPS) is 18.0. The molecule has 0 aromatic heterocycles. The average molecular weight is 695 g/mol. The van der Waals surface area contributed by atoms with E-state index in [1.807, 2.05) is 22.6 Å². The summed E-state index contributed by atoms with van der Waals surface area (Å²) in [4.78, 5) is 39.6. The van der Waals surface area contributed by atoms with Gasteiger partial charge in [0.05, 0.1) is 23.3 Å². The molecule has 0 spiro atoms. The molecule has 0 bridgehead atoms. The number of aliphatic hydroxyl groups excluding tert-OH is 2. The van der Waals surface area contributed by atoms with Gasteiger partial charge in [0.1, 0.15) is 24.3 Å². The van der Waals surface area contributed by atoms with Crippen LogP contribution in [-0.4, -0.2) is 71.7 Å². The van der Waals surface area contributed by atoms with E-state index < -0.39 is 30.0 Å². The standard InChI is InChI=1S/C31H36FIN2O7/c1-3-4-5-6-7-28(38)35(18-20-8-10-23(32)11-9-20)25-16-22(31(40)34-12-13-36)17-26(29(25)39)42-30-24(33)14-21(19-37)15-27(30)41-2/h3,8-11,14-15,17,19,25-26,29,36,39H,1,4-7,12-13,16,18H2,2H3,(H,34,40). The second-order valence-corrected chi connectivity index (χ2v) is 11.0. The van der Waals surface area contributed by atoms with Gasteiger partial charge in [0, 0.05) is 37.1 Å². The molecule has 42 heavy (non-hydrogen) atoms. The van der Waals surface area contributed by atoms with Crippen LogP contribution in [0.5, 0.6) is 11.5 Å². The lowest BCUT2D eigenvalue weighted by molar-refractivity contribution is -0.139. The van der Waals surface area contributed by atoms with Gasteiger partial charge in [-0.1, -0.05) is 18.2 Å². The predicted octanol–water partition coefficient (Wildman–Crippen LogP) is 3.94. The van der Waals surface area contributed by atoms with Gasteiger partial charge < -0.3 is 29.9 Å². The number of aldehydes is 1. The number of hydrogen-bond acceptors (Lipinski definition) is 7. The number of hydrogen-bond donors (Lipinski definition) is 3. The summed E-state index contributed by atoms with van der Waals surface area (Å²) in [6.45, 7) is 3.56. The molecule has 2 aromatic carbocycles. The van der Waals surface area contributed by atoms with Crippen LogP contribution in [0.4, 0.5) is 4.39 Å². The summed E-state index contributed by atoms with van der Waals surface area (Å²) in [7, 11) is 1.42. The van der Waals surface area contributed by atoms with Crippen molar-refractivity contribution in [1.82, 2.24) is 10.2 Å². The number of rotatable bonds is 15. The van der Waals surface area contributed by atoms with E-state index in [1.54, 1.807) is 24.3 Å². The monoisotopic (exact) mass is 694 g/mol. The first-order valence-electron chi connectivity index (χ1n) is 13.6. The summed E-state index contributed by atoms with van der Waals surface area (Å²) in [5, 5.41) is 23.5. The number of ether oxygens (including phenoxy) is 2. The maximum Gasteiger partial charge on any atom is 0.247 e. The zero-order valence-electron chi connectivity index (χ0n) is 23.4. The van der Waals surface area contributed by atoms with E-state index in [0.29, 0.717) is 27.4 Å². The molecule has 0 fully saturated rings. The van der Waals surface area contributed by atoms with Crippen LogP contribution in [0.2, 0.25) is 0 Å². The van der Waals surface area contributed by atoms with Gasteiger partial charge in [-0.05, 0) is 77.8 Å². The molecule has 3 N–H and O–H groups in total. The third-order valence-corrected chi connectivity index (χ3v) is 7.69. The number of benzene rings is 2. The number of allylic oxidation sites excluding steroid dienone is 1. The fourth-order valence-electron chi connectivity index (χ4n) is 4.72. The highest BCUT2D eigenvalue weighted by Gasteiger charge is 2.41. The quantitative estimate of drug-likeness (QED) is 0.112. The number of carbonyl (C=O) groups excluding carboxylic acids is 3. The predicted molar refractivity (Wildman–Crippen MR) is 164 cm³/mol. The Balaban J connectivity index is 2.01.